The van der Waals surface area contributed by atoms with Crippen LogP contribution in [0.15, 0.2) is 33.9 Å². The number of aromatic nitrogens is 3. The Morgan fingerprint density at radius 1 is 1.14 bits per heavy atom. The summed E-state index contributed by atoms with van der Waals surface area (Å²) in [5.41, 5.74) is -0.404. The molecule has 1 saturated heterocycles. The average molecular weight is 318 g/mol. The van der Waals surface area contributed by atoms with E-state index in [2.05, 4.69) is 10.00 Å². The summed E-state index contributed by atoms with van der Waals surface area (Å²) in [6, 6.07) is 7.50. The SMILES string of the molecule is O=c1c(=O)n2c(nn1CN1CCOCC1)sc1ccccc12. The van der Waals surface area contributed by atoms with Gasteiger partial charge in [0.1, 0.15) is 0 Å². The van der Waals surface area contributed by atoms with Crippen LogP contribution in [0.5, 0.6) is 0 Å². The fourth-order valence-corrected chi connectivity index (χ4v) is 3.64. The molecule has 0 N–H and O–H groups in total. The van der Waals surface area contributed by atoms with Gasteiger partial charge in [0.2, 0.25) is 4.96 Å². The van der Waals surface area contributed by atoms with Gasteiger partial charge in [-0.05, 0) is 12.1 Å². The number of fused-ring (bicyclic) bond motifs is 3. The Morgan fingerprint density at radius 3 is 2.73 bits per heavy atom. The number of thiazole rings is 1. The zero-order chi connectivity index (χ0) is 15.1. The van der Waals surface area contributed by atoms with Gasteiger partial charge in [0, 0.05) is 13.1 Å². The molecule has 0 bridgehead atoms. The summed E-state index contributed by atoms with van der Waals surface area (Å²) >= 11 is 1.41. The van der Waals surface area contributed by atoms with E-state index in [1.807, 2.05) is 24.3 Å². The standard InChI is InChI=1S/C14H14N4O3S/c19-12-13(20)18-10-3-1-2-4-11(10)22-14(18)15-17(12)9-16-5-7-21-8-6-16/h1-4H,5-9H2. The van der Waals surface area contributed by atoms with Crippen molar-refractivity contribution in [3.05, 3.63) is 45.0 Å². The van der Waals surface area contributed by atoms with Gasteiger partial charge in [-0.2, -0.15) is 0 Å². The maximum absolute atomic E-state index is 12.4. The van der Waals surface area contributed by atoms with Crippen molar-refractivity contribution in [1.29, 1.82) is 0 Å². The van der Waals surface area contributed by atoms with Crippen molar-refractivity contribution in [2.24, 2.45) is 0 Å². The molecule has 114 valence electrons. The van der Waals surface area contributed by atoms with Gasteiger partial charge in [-0.25, -0.2) is 9.08 Å². The Bertz CT molecular complexity index is 952. The molecule has 3 aromatic rings. The summed E-state index contributed by atoms with van der Waals surface area (Å²) in [6.45, 7) is 3.07. The molecular formula is C14H14N4O3S. The molecule has 0 radical (unpaired) electrons. The second-order valence-corrected chi connectivity index (χ2v) is 6.18. The van der Waals surface area contributed by atoms with E-state index < -0.39 is 11.1 Å². The lowest BCUT2D eigenvalue weighted by Crippen LogP contribution is -2.45. The predicted molar refractivity (Wildman–Crippen MR) is 83.5 cm³/mol. The van der Waals surface area contributed by atoms with Crippen LogP contribution in [-0.4, -0.2) is 45.4 Å². The first-order valence-corrected chi connectivity index (χ1v) is 7.87. The van der Waals surface area contributed by atoms with Crippen molar-refractivity contribution < 1.29 is 4.74 Å². The first kappa shape index (κ1) is 13.6. The van der Waals surface area contributed by atoms with Crippen LogP contribution in [0.3, 0.4) is 0 Å². The number of ether oxygens (including phenoxy) is 1. The van der Waals surface area contributed by atoms with Gasteiger partial charge in [0.05, 0.1) is 30.1 Å². The van der Waals surface area contributed by atoms with E-state index in [0.29, 0.717) is 24.8 Å². The van der Waals surface area contributed by atoms with Crippen LogP contribution in [0, 0.1) is 0 Å². The normalized spacial score (nSPS) is 16.5. The molecule has 1 aliphatic rings. The van der Waals surface area contributed by atoms with E-state index in [-0.39, 0.29) is 0 Å². The zero-order valence-corrected chi connectivity index (χ0v) is 12.6. The van der Waals surface area contributed by atoms with Gasteiger partial charge < -0.3 is 4.74 Å². The Balaban J connectivity index is 1.86. The molecule has 1 aromatic carbocycles. The Hall–Kier alpha value is -2.03. The topological polar surface area (TPSA) is 68.8 Å². The van der Waals surface area contributed by atoms with Crippen LogP contribution in [-0.2, 0) is 11.4 Å². The Labute approximate surface area is 129 Å². The molecule has 2 aromatic heterocycles. The second kappa shape index (κ2) is 5.31. The molecule has 0 unspecified atom stereocenters. The lowest BCUT2D eigenvalue weighted by molar-refractivity contribution is 0.0204. The molecule has 0 spiro atoms. The highest BCUT2D eigenvalue weighted by Crippen LogP contribution is 2.22. The molecular weight excluding hydrogens is 304 g/mol. The molecule has 1 fully saturated rings. The lowest BCUT2D eigenvalue weighted by Gasteiger charge is -2.26. The van der Waals surface area contributed by atoms with Gasteiger partial charge >= 0.3 is 11.1 Å². The van der Waals surface area contributed by atoms with Gasteiger partial charge in [0.25, 0.3) is 0 Å². The third kappa shape index (κ3) is 2.16. The monoisotopic (exact) mass is 318 g/mol. The summed E-state index contributed by atoms with van der Waals surface area (Å²) in [5, 5.41) is 4.37. The minimum absolute atomic E-state index is 0.322. The quantitative estimate of drug-likeness (QED) is 0.638. The molecule has 4 rings (SSSR count). The fourth-order valence-electron chi connectivity index (χ4n) is 2.62. The number of rotatable bonds is 2. The minimum Gasteiger partial charge on any atom is -0.379 e. The van der Waals surface area contributed by atoms with Crippen LogP contribution in [0.2, 0.25) is 0 Å². The van der Waals surface area contributed by atoms with Gasteiger partial charge in [-0.15, -0.1) is 5.10 Å². The van der Waals surface area contributed by atoms with E-state index in [9.17, 15) is 9.59 Å². The number of benzene rings is 1. The molecule has 8 heteroatoms. The van der Waals surface area contributed by atoms with Gasteiger partial charge in [-0.1, -0.05) is 23.5 Å². The molecule has 0 aliphatic carbocycles. The maximum atomic E-state index is 12.4. The lowest BCUT2D eigenvalue weighted by atomic mass is 10.3. The average Bonchev–Trinajstić information content (AvgIpc) is 2.91. The summed E-state index contributed by atoms with van der Waals surface area (Å²) < 4.78 is 8.89. The van der Waals surface area contributed by atoms with E-state index >= 15 is 0 Å². The van der Waals surface area contributed by atoms with Gasteiger partial charge in [0.15, 0.2) is 0 Å². The highest BCUT2D eigenvalue weighted by atomic mass is 32.1. The molecule has 7 nitrogen and oxygen atoms in total. The zero-order valence-electron chi connectivity index (χ0n) is 11.8. The van der Waals surface area contributed by atoms with Crippen molar-refractivity contribution in [2.75, 3.05) is 26.3 Å². The smallest absolute Gasteiger partial charge is 0.334 e. The van der Waals surface area contributed by atoms with Gasteiger partial charge in [-0.3, -0.25) is 14.5 Å². The van der Waals surface area contributed by atoms with Crippen molar-refractivity contribution >= 4 is 26.5 Å². The molecule has 0 atom stereocenters. The fraction of sp³-hybridized carbons (Fsp3) is 0.357. The highest BCUT2D eigenvalue weighted by Gasteiger charge is 2.16. The van der Waals surface area contributed by atoms with Crippen molar-refractivity contribution in [3.8, 4) is 0 Å². The number of hydrogen-bond acceptors (Lipinski definition) is 6. The van der Waals surface area contributed by atoms with Crippen molar-refractivity contribution in [2.45, 2.75) is 6.67 Å². The number of para-hydroxylation sites is 1. The van der Waals surface area contributed by atoms with E-state index in [1.54, 1.807) is 0 Å². The van der Waals surface area contributed by atoms with Crippen LogP contribution in [0.25, 0.3) is 15.2 Å². The summed E-state index contributed by atoms with van der Waals surface area (Å²) in [4.78, 5) is 27.3. The van der Waals surface area contributed by atoms with Crippen LogP contribution in [0.1, 0.15) is 0 Å². The second-order valence-electron chi connectivity index (χ2n) is 5.17. The van der Waals surface area contributed by atoms with E-state index in [1.165, 1.54) is 20.4 Å². The Morgan fingerprint density at radius 2 is 1.91 bits per heavy atom. The maximum Gasteiger partial charge on any atom is 0.334 e. The van der Waals surface area contributed by atoms with E-state index in [0.717, 1.165) is 23.3 Å². The first-order valence-electron chi connectivity index (χ1n) is 7.05. The van der Waals surface area contributed by atoms with Crippen LogP contribution < -0.4 is 11.1 Å². The Kier molecular flexibility index (Phi) is 3.29. The first-order chi connectivity index (χ1) is 10.7. The van der Waals surface area contributed by atoms with Crippen molar-refractivity contribution in [3.63, 3.8) is 0 Å². The summed E-state index contributed by atoms with van der Waals surface area (Å²) in [7, 11) is 0. The molecule has 1 aliphatic heterocycles. The summed E-state index contributed by atoms with van der Waals surface area (Å²) in [6.07, 6.45) is 0. The largest absolute Gasteiger partial charge is 0.379 e. The van der Waals surface area contributed by atoms with Crippen LogP contribution >= 0.6 is 11.3 Å². The molecule has 0 saturated carbocycles. The van der Waals surface area contributed by atoms with E-state index in [4.69, 9.17) is 4.74 Å². The molecule has 3 heterocycles. The molecule has 22 heavy (non-hydrogen) atoms. The third-order valence-corrected chi connectivity index (χ3v) is 4.78. The third-order valence-electron chi connectivity index (χ3n) is 3.76. The number of morpholine rings is 1. The number of hydrogen-bond donors (Lipinski definition) is 0. The van der Waals surface area contributed by atoms with Crippen LogP contribution in [0.4, 0.5) is 0 Å². The minimum atomic E-state index is -0.590. The summed E-state index contributed by atoms with van der Waals surface area (Å²) in [5.74, 6) is 0. The molecule has 0 amide bonds. The highest BCUT2D eigenvalue weighted by molar-refractivity contribution is 7.23. The van der Waals surface area contributed by atoms with Crippen molar-refractivity contribution in [1.82, 2.24) is 19.1 Å². The number of nitrogens with zero attached hydrogens (tertiary/aromatic N) is 4. The predicted octanol–water partition coefficient (Wildman–Crippen LogP) is 0.361.